The molecule has 0 radical (unpaired) electrons. The van der Waals surface area contributed by atoms with E-state index in [2.05, 4.69) is 4.98 Å². The van der Waals surface area contributed by atoms with E-state index in [0.29, 0.717) is 6.42 Å². The lowest BCUT2D eigenvalue weighted by molar-refractivity contribution is -0.390. The molecule has 0 fully saturated rings. The molecule has 0 aliphatic carbocycles. The molecule has 1 rings (SSSR count). The van der Waals surface area contributed by atoms with Crippen LogP contribution in [0.25, 0.3) is 0 Å². The molecule has 0 saturated carbocycles. The van der Waals surface area contributed by atoms with Gasteiger partial charge in [0, 0.05) is 13.0 Å². The summed E-state index contributed by atoms with van der Waals surface area (Å²) in [5.74, 6) is -0.170. The van der Waals surface area contributed by atoms with Crippen molar-refractivity contribution in [3.05, 3.63) is 28.4 Å². The van der Waals surface area contributed by atoms with Crippen LogP contribution in [0.1, 0.15) is 6.42 Å². The molecule has 1 N–H and O–H groups in total. The molecule has 0 bridgehead atoms. The van der Waals surface area contributed by atoms with Gasteiger partial charge in [-0.3, -0.25) is 0 Å². The van der Waals surface area contributed by atoms with Crippen LogP contribution in [0.15, 0.2) is 18.3 Å². The molecule has 0 unspecified atom stereocenters. The fourth-order valence-electron chi connectivity index (χ4n) is 0.879. The summed E-state index contributed by atoms with van der Waals surface area (Å²) in [6.45, 7) is 0.233. The predicted molar refractivity (Wildman–Crippen MR) is 48.1 cm³/mol. The first kappa shape index (κ1) is 10.4. The molecule has 14 heavy (non-hydrogen) atoms. The second-order valence-electron chi connectivity index (χ2n) is 2.51. The van der Waals surface area contributed by atoms with Crippen molar-refractivity contribution in [2.24, 2.45) is 0 Å². The van der Waals surface area contributed by atoms with Gasteiger partial charge in [0.1, 0.15) is 6.20 Å². The number of pyridine rings is 1. The van der Waals surface area contributed by atoms with Crippen molar-refractivity contribution >= 4 is 5.82 Å². The molecule has 1 aromatic heterocycles. The summed E-state index contributed by atoms with van der Waals surface area (Å²) >= 11 is 0. The summed E-state index contributed by atoms with van der Waals surface area (Å²) in [4.78, 5) is 13.4. The molecule has 0 aliphatic heterocycles. The maximum Gasteiger partial charge on any atom is 0.406 e. The number of hydrogen-bond acceptors (Lipinski definition) is 5. The predicted octanol–water partition coefficient (Wildman–Crippen LogP) is 0.751. The van der Waals surface area contributed by atoms with Crippen molar-refractivity contribution in [2.45, 2.75) is 6.42 Å². The summed E-state index contributed by atoms with van der Waals surface area (Å²) < 4.78 is 5.07. The highest BCUT2D eigenvalue weighted by Gasteiger charge is 2.14. The Kier molecular flexibility index (Phi) is 3.81. The molecular formula is C8H10N2O4. The van der Waals surface area contributed by atoms with E-state index < -0.39 is 4.92 Å². The lowest BCUT2D eigenvalue weighted by Gasteiger charge is -2.03. The monoisotopic (exact) mass is 198 g/mol. The Morgan fingerprint density at radius 3 is 3.07 bits per heavy atom. The highest BCUT2D eigenvalue weighted by Crippen LogP contribution is 2.22. The Hall–Kier alpha value is -1.69. The molecule has 76 valence electrons. The molecule has 0 aromatic carbocycles. The standard InChI is InChI=1S/C8H10N2O4/c11-5-2-6-14-7-3-1-4-9-8(7)10(12)13/h1,3-4,11H,2,5-6H2. The van der Waals surface area contributed by atoms with Gasteiger partial charge in [-0.05, 0) is 22.0 Å². The van der Waals surface area contributed by atoms with E-state index in [-0.39, 0.29) is 24.8 Å². The van der Waals surface area contributed by atoms with E-state index in [4.69, 9.17) is 9.84 Å². The molecular weight excluding hydrogens is 188 g/mol. The Labute approximate surface area is 80.3 Å². The van der Waals surface area contributed by atoms with Gasteiger partial charge in [-0.25, -0.2) is 0 Å². The normalized spacial score (nSPS) is 9.79. The van der Waals surface area contributed by atoms with Crippen molar-refractivity contribution in [2.75, 3.05) is 13.2 Å². The zero-order valence-corrected chi connectivity index (χ0v) is 7.42. The van der Waals surface area contributed by atoms with Gasteiger partial charge in [0.15, 0.2) is 0 Å². The number of aliphatic hydroxyl groups is 1. The maximum atomic E-state index is 10.5. The van der Waals surface area contributed by atoms with Crippen molar-refractivity contribution < 1.29 is 14.8 Å². The number of aromatic nitrogens is 1. The second kappa shape index (κ2) is 5.13. The van der Waals surface area contributed by atoms with Gasteiger partial charge in [0.2, 0.25) is 5.75 Å². The summed E-state index contributed by atoms with van der Waals surface area (Å²) in [6, 6.07) is 3.03. The van der Waals surface area contributed by atoms with Gasteiger partial charge in [-0.15, -0.1) is 0 Å². The van der Waals surface area contributed by atoms with Crippen molar-refractivity contribution in [3.63, 3.8) is 0 Å². The highest BCUT2D eigenvalue weighted by atomic mass is 16.6. The largest absolute Gasteiger partial charge is 0.486 e. The van der Waals surface area contributed by atoms with E-state index >= 15 is 0 Å². The molecule has 0 aliphatic rings. The van der Waals surface area contributed by atoms with Crippen molar-refractivity contribution in [1.82, 2.24) is 4.98 Å². The van der Waals surface area contributed by atoms with Gasteiger partial charge in [-0.1, -0.05) is 0 Å². The minimum absolute atomic E-state index is 0.00589. The van der Waals surface area contributed by atoms with Crippen LogP contribution in [0, 0.1) is 10.1 Å². The van der Waals surface area contributed by atoms with Crippen LogP contribution in [0.4, 0.5) is 5.82 Å². The van der Waals surface area contributed by atoms with Gasteiger partial charge >= 0.3 is 5.82 Å². The minimum atomic E-state index is -0.603. The van der Waals surface area contributed by atoms with Crippen LogP contribution in [0.5, 0.6) is 5.75 Å². The van der Waals surface area contributed by atoms with Crippen LogP contribution in [-0.4, -0.2) is 28.2 Å². The summed E-state index contributed by atoms with van der Waals surface area (Å²) in [7, 11) is 0. The molecule has 1 heterocycles. The minimum Gasteiger partial charge on any atom is -0.486 e. The van der Waals surface area contributed by atoms with Crippen LogP contribution >= 0.6 is 0 Å². The Morgan fingerprint density at radius 2 is 2.43 bits per heavy atom. The van der Waals surface area contributed by atoms with Crippen LogP contribution in [0.3, 0.4) is 0 Å². The zero-order chi connectivity index (χ0) is 10.4. The first-order chi connectivity index (χ1) is 6.75. The van der Waals surface area contributed by atoms with E-state index in [0.717, 1.165) is 0 Å². The second-order valence-corrected chi connectivity index (χ2v) is 2.51. The van der Waals surface area contributed by atoms with Gasteiger partial charge in [0.05, 0.1) is 6.61 Å². The first-order valence-corrected chi connectivity index (χ1v) is 4.08. The van der Waals surface area contributed by atoms with Gasteiger partial charge in [0.25, 0.3) is 0 Å². The lowest BCUT2D eigenvalue weighted by Crippen LogP contribution is -2.03. The molecule has 6 nitrogen and oxygen atoms in total. The summed E-state index contributed by atoms with van der Waals surface area (Å²) in [5, 5.41) is 19.0. The molecule has 0 saturated heterocycles. The first-order valence-electron chi connectivity index (χ1n) is 4.08. The van der Waals surface area contributed by atoms with E-state index in [9.17, 15) is 10.1 Å². The third-order valence-corrected chi connectivity index (χ3v) is 1.48. The smallest absolute Gasteiger partial charge is 0.406 e. The molecule has 6 heteroatoms. The van der Waals surface area contributed by atoms with Gasteiger partial charge < -0.3 is 20.0 Å². The third kappa shape index (κ3) is 2.67. The lowest BCUT2D eigenvalue weighted by atomic mass is 10.4. The van der Waals surface area contributed by atoms with E-state index in [1.54, 1.807) is 6.07 Å². The number of aliphatic hydroxyl groups excluding tert-OH is 1. The van der Waals surface area contributed by atoms with E-state index in [1.807, 2.05) is 0 Å². The Balaban J connectivity index is 2.69. The number of ether oxygens (including phenoxy) is 1. The Morgan fingerprint density at radius 1 is 1.64 bits per heavy atom. The quantitative estimate of drug-likeness (QED) is 0.428. The van der Waals surface area contributed by atoms with Crippen LogP contribution < -0.4 is 4.74 Å². The highest BCUT2D eigenvalue weighted by molar-refractivity contribution is 5.38. The van der Waals surface area contributed by atoms with Crippen LogP contribution in [-0.2, 0) is 0 Å². The van der Waals surface area contributed by atoms with Crippen molar-refractivity contribution in [1.29, 1.82) is 0 Å². The third-order valence-electron chi connectivity index (χ3n) is 1.48. The summed E-state index contributed by atoms with van der Waals surface area (Å²) in [6.07, 6.45) is 1.77. The molecule has 1 aromatic rings. The summed E-state index contributed by atoms with van der Waals surface area (Å²) in [5.41, 5.74) is 0. The molecule has 0 spiro atoms. The SMILES string of the molecule is O=[N+]([O-])c1ncccc1OCCCO. The fraction of sp³-hybridized carbons (Fsp3) is 0.375. The van der Waals surface area contributed by atoms with Crippen molar-refractivity contribution in [3.8, 4) is 5.75 Å². The number of rotatable bonds is 5. The van der Waals surface area contributed by atoms with Crippen LogP contribution in [0.2, 0.25) is 0 Å². The average molecular weight is 198 g/mol. The average Bonchev–Trinajstić information content (AvgIpc) is 2.19. The molecule has 0 amide bonds. The fourth-order valence-corrected chi connectivity index (χ4v) is 0.879. The topological polar surface area (TPSA) is 85.5 Å². The number of nitrogens with zero attached hydrogens (tertiary/aromatic N) is 2. The number of hydrogen-bond donors (Lipinski definition) is 1. The molecule has 0 atom stereocenters. The zero-order valence-electron chi connectivity index (χ0n) is 7.42. The van der Waals surface area contributed by atoms with E-state index in [1.165, 1.54) is 12.3 Å². The Bertz CT molecular complexity index is 316. The maximum absolute atomic E-state index is 10.5. The van der Waals surface area contributed by atoms with Gasteiger partial charge in [-0.2, -0.15) is 0 Å². The number of nitro groups is 1.